The molecule has 0 aliphatic rings. The highest BCUT2D eigenvalue weighted by Gasteiger charge is 2.31. The molecule has 0 bridgehead atoms. The first-order valence-corrected chi connectivity index (χ1v) is 9.87. The SMILES string of the molecule is CC(Sc1ncc(-c2ccccc2)n1CC(F)(F)F)C(=O)NCc1ccccc1. The lowest BCUT2D eigenvalue weighted by atomic mass is 10.2. The second-order valence-electron chi connectivity index (χ2n) is 6.46. The molecule has 1 atom stereocenters. The Bertz CT molecular complexity index is 943. The largest absolute Gasteiger partial charge is 0.406 e. The van der Waals surface area contributed by atoms with Crippen molar-refractivity contribution in [1.82, 2.24) is 14.9 Å². The summed E-state index contributed by atoms with van der Waals surface area (Å²) in [5, 5.41) is 2.36. The van der Waals surface area contributed by atoms with Crippen molar-refractivity contribution in [1.29, 1.82) is 0 Å². The lowest BCUT2D eigenvalue weighted by Crippen LogP contribution is -2.30. The van der Waals surface area contributed by atoms with Gasteiger partial charge < -0.3 is 9.88 Å². The Labute approximate surface area is 171 Å². The van der Waals surface area contributed by atoms with Crippen molar-refractivity contribution < 1.29 is 18.0 Å². The van der Waals surface area contributed by atoms with Gasteiger partial charge in [0, 0.05) is 6.54 Å². The molecule has 29 heavy (non-hydrogen) atoms. The van der Waals surface area contributed by atoms with E-state index >= 15 is 0 Å². The van der Waals surface area contributed by atoms with E-state index in [2.05, 4.69) is 10.3 Å². The van der Waals surface area contributed by atoms with Crippen LogP contribution < -0.4 is 5.32 Å². The van der Waals surface area contributed by atoms with Crippen LogP contribution in [0.3, 0.4) is 0 Å². The Morgan fingerprint density at radius 3 is 2.34 bits per heavy atom. The van der Waals surface area contributed by atoms with Gasteiger partial charge >= 0.3 is 6.18 Å². The van der Waals surface area contributed by atoms with Gasteiger partial charge in [0.05, 0.1) is 17.1 Å². The van der Waals surface area contributed by atoms with E-state index < -0.39 is 18.0 Å². The monoisotopic (exact) mass is 419 g/mol. The van der Waals surface area contributed by atoms with Crippen LogP contribution in [-0.4, -0.2) is 26.9 Å². The number of nitrogens with zero attached hydrogens (tertiary/aromatic N) is 2. The zero-order chi connectivity index (χ0) is 20.9. The van der Waals surface area contributed by atoms with Crippen LogP contribution in [0.2, 0.25) is 0 Å². The fourth-order valence-electron chi connectivity index (χ4n) is 2.76. The van der Waals surface area contributed by atoms with Crippen molar-refractivity contribution in [2.75, 3.05) is 0 Å². The number of amides is 1. The zero-order valence-corrected chi connectivity index (χ0v) is 16.5. The molecule has 1 heterocycles. The van der Waals surface area contributed by atoms with Gasteiger partial charge in [0.25, 0.3) is 0 Å². The second kappa shape index (κ2) is 9.17. The molecule has 1 unspecified atom stereocenters. The predicted octanol–water partition coefficient (Wildman–Crippen LogP) is 4.91. The number of carbonyl (C=O) groups is 1. The molecule has 4 nitrogen and oxygen atoms in total. The number of nitrogens with one attached hydrogen (secondary N) is 1. The van der Waals surface area contributed by atoms with Crippen molar-refractivity contribution in [3.05, 3.63) is 72.4 Å². The van der Waals surface area contributed by atoms with Crippen molar-refractivity contribution in [3.8, 4) is 11.3 Å². The molecule has 0 spiro atoms. The Balaban J connectivity index is 1.75. The average Bonchev–Trinajstić information content (AvgIpc) is 3.08. The molecule has 3 aromatic rings. The van der Waals surface area contributed by atoms with Crippen LogP contribution in [-0.2, 0) is 17.9 Å². The average molecular weight is 419 g/mol. The molecule has 1 amide bonds. The number of benzene rings is 2. The molecular formula is C21H20F3N3OS. The van der Waals surface area contributed by atoms with Gasteiger partial charge in [-0.05, 0) is 18.1 Å². The zero-order valence-electron chi connectivity index (χ0n) is 15.7. The van der Waals surface area contributed by atoms with E-state index in [1.54, 1.807) is 37.3 Å². The van der Waals surface area contributed by atoms with Gasteiger partial charge in [-0.3, -0.25) is 4.79 Å². The topological polar surface area (TPSA) is 46.9 Å². The van der Waals surface area contributed by atoms with Crippen LogP contribution in [0.15, 0.2) is 72.0 Å². The van der Waals surface area contributed by atoms with Crippen LogP contribution in [0.25, 0.3) is 11.3 Å². The molecule has 0 saturated carbocycles. The third-order valence-corrected chi connectivity index (χ3v) is 5.29. The quantitative estimate of drug-likeness (QED) is 0.554. The van der Waals surface area contributed by atoms with E-state index in [-0.39, 0.29) is 11.1 Å². The molecular weight excluding hydrogens is 399 g/mol. The first-order valence-electron chi connectivity index (χ1n) is 8.99. The van der Waals surface area contributed by atoms with E-state index in [9.17, 15) is 18.0 Å². The summed E-state index contributed by atoms with van der Waals surface area (Å²) in [7, 11) is 0. The summed E-state index contributed by atoms with van der Waals surface area (Å²) in [6.45, 7) is 0.842. The highest BCUT2D eigenvalue weighted by molar-refractivity contribution is 8.00. The van der Waals surface area contributed by atoms with Gasteiger partial charge in [0.2, 0.25) is 5.91 Å². The normalized spacial score (nSPS) is 12.6. The molecule has 2 aromatic carbocycles. The van der Waals surface area contributed by atoms with Gasteiger partial charge in [-0.1, -0.05) is 72.4 Å². The lowest BCUT2D eigenvalue weighted by Gasteiger charge is -2.16. The summed E-state index contributed by atoms with van der Waals surface area (Å²) in [4.78, 5) is 16.6. The Morgan fingerprint density at radius 2 is 1.72 bits per heavy atom. The number of thioether (sulfide) groups is 1. The number of halogens is 3. The highest BCUT2D eigenvalue weighted by atomic mass is 32.2. The Hall–Kier alpha value is -2.74. The van der Waals surface area contributed by atoms with Crippen molar-refractivity contribution in [2.45, 2.75) is 36.6 Å². The summed E-state index contributed by atoms with van der Waals surface area (Å²) in [6, 6.07) is 18.2. The van der Waals surface area contributed by atoms with E-state index in [0.29, 0.717) is 17.8 Å². The molecule has 0 fully saturated rings. The maximum absolute atomic E-state index is 13.2. The maximum atomic E-state index is 13.2. The first-order chi connectivity index (χ1) is 13.8. The highest BCUT2D eigenvalue weighted by Crippen LogP contribution is 2.31. The molecule has 0 saturated heterocycles. The van der Waals surface area contributed by atoms with Crippen LogP contribution in [0.5, 0.6) is 0 Å². The van der Waals surface area contributed by atoms with Crippen molar-refractivity contribution in [3.63, 3.8) is 0 Å². The number of rotatable bonds is 7. The molecule has 0 aliphatic heterocycles. The smallest absolute Gasteiger partial charge is 0.351 e. The number of aromatic nitrogens is 2. The van der Waals surface area contributed by atoms with E-state index in [0.717, 1.165) is 21.9 Å². The number of hydrogen-bond acceptors (Lipinski definition) is 3. The third-order valence-electron chi connectivity index (χ3n) is 4.19. The molecule has 3 rings (SSSR count). The van der Waals surface area contributed by atoms with Crippen LogP contribution in [0.4, 0.5) is 13.2 Å². The van der Waals surface area contributed by atoms with Gasteiger partial charge in [0.15, 0.2) is 5.16 Å². The minimum absolute atomic E-state index is 0.156. The van der Waals surface area contributed by atoms with E-state index in [1.807, 2.05) is 30.3 Å². The molecule has 1 aromatic heterocycles. The fraction of sp³-hybridized carbons (Fsp3) is 0.238. The van der Waals surface area contributed by atoms with E-state index in [4.69, 9.17) is 0 Å². The van der Waals surface area contributed by atoms with Crippen LogP contribution in [0.1, 0.15) is 12.5 Å². The van der Waals surface area contributed by atoms with Crippen molar-refractivity contribution >= 4 is 17.7 Å². The number of imidazole rings is 1. The number of alkyl halides is 3. The van der Waals surface area contributed by atoms with Crippen LogP contribution in [0, 0.1) is 0 Å². The molecule has 0 aliphatic carbocycles. The minimum Gasteiger partial charge on any atom is -0.351 e. The Morgan fingerprint density at radius 1 is 1.10 bits per heavy atom. The number of carbonyl (C=O) groups excluding carboxylic acids is 1. The summed E-state index contributed by atoms with van der Waals surface area (Å²) in [5.41, 5.74) is 1.95. The summed E-state index contributed by atoms with van der Waals surface area (Å²) >= 11 is 1.01. The second-order valence-corrected chi connectivity index (χ2v) is 7.76. The Kier molecular flexibility index (Phi) is 6.64. The van der Waals surface area contributed by atoms with Gasteiger partial charge in [-0.15, -0.1) is 0 Å². The molecule has 1 N–H and O–H groups in total. The van der Waals surface area contributed by atoms with Gasteiger partial charge in [-0.25, -0.2) is 4.98 Å². The first kappa shape index (κ1) is 21.0. The van der Waals surface area contributed by atoms with Gasteiger partial charge in [0.1, 0.15) is 6.54 Å². The third kappa shape index (κ3) is 5.87. The summed E-state index contributed by atoms with van der Waals surface area (Å²) < 4.78 is 40.6. The van der Waals surface area contributed by atoms with Crippen molar-refractivity contribution in [2.24, 2.45) is 0 Å². The predicted molar refractivity (Wildman–Crippen MR) is 107 cm³/mol. The molecule has 0 radical (unpaired) electrons. The number of hydrogen-bond donors (Lipinski definition) is 1. The molecule has 8 heteroatoms. The standard InChI is InChI=1S/C21H20F3N3OS/c1-15(19(28)25-12-16-8-4-2-5-9-16)29-20-26-13-18(17-10-6-3-7-11-17)27(20)14-21(22,23)24/h2-11,13,15H,12,14H2,1H3,(H,25,28). The maximum Gasteiger partial charge on any atom is 0.406 e. The summed E-state index contributed by atoms with van der Waals surface area (Å²) in [6.07, 6.45) is -2.99. The fourth-order valence-corrected chi connectivity index (χ4v) is 3.67. The lowest BCUT2D eigenvalue weighted by molar-refractivity contribution is -0.141. The van der Waals surface area contributed by atoms with Gasteiger partial charge in [-0.2, -0.15) is 13.2 Å². The molecule has 152 valence electrons. The van der Waals surface area contributed by atoms with E-state index in [1.165, 1.54) is 6.20 Å². The van der Waals surface area contributed by atoms with Crippen LogP contribution >= 0.6 is 11.8 Å². The summed E-state index contributed by atoms with van der Waals surface area (Å²) in [5.74, 6) is -0.262. The minimum atomic E-state index is -4.40.